The highest BCUT2D eigenvalue weighted by atomic mass is 32.1. The van der Waals surface area contributed by atoms with Crippen LogP contribution in [0.3, 0.4) is 0 Å². The Balaban J connectivity index is 2.28. The summed E-state index contributed by atoms with van der Waals surface area (Å²) in [6, 6.07) is 18.4. The molecule has 0 spiro atoms. The largest absolute Gasteiger partial charge is 0.288 e. The molecule has 0 amide bonds. The van der Waals surface area contributed by atoms with Crippen molar-refractivity contribution in [3.63, 3.8) is 0 Å². The van der Waals surface area contributed by atoms with Gasteiger partial charge in [0.25, 0.3) is 0 Å². The van der Waals surface area contributed by atoms with Gasteiger partial charge in [0, 0.05) is 5.56 Å². The number of ketones is 1. The van der Waals surface area contributed by atoms with Gasteiger partial charge < -0.3 is 0 Å². The summed E-state index contributed by atoms with van der Waals surface area (Å²) in [7, 11) is 0. The number of rotatable bonds is 3. The number of carbonyl (C=O) groups excluding carboxylic acids is 1. The first-order valence-corrected chi connectivity index (χ1v) is 5.39. The summed E-state index contributed by atoms with van der Waals surface area (Å²) < 4.78 is 0. The van der Waals surface area contributed by atoms with Crippen molar-refractivity contribution in [2.75, 3.05) is 0 Å². The average Bonchev–Trinajstić information content (AvgIpc) is 2.39. The van der Waals surface area contributed by atoms with E-state index in [9.17, 15) is 4.79 Å². The Morgan fingerprint density at radius 2 is 1.19 bits per heavy atom. The lowest BCUT2D eigenvalue weighted by Crippen LogP contribution is -2.12. The standard InChI is InChI=1S/C14H10OS/c15-13(11-7-3-1-4-8-11)14(16)12-9-5-2-6-10-12/h1-10H. The molecule has 2 heteroatoms. The molecule has 0 aliphatic carbocycles. The van der Waals surface area contributed by atoms with Gasteiger partial charge in [-0.1, -0.05) is 72.9 Å². The number of benzene rings is 2. The molecule has 0 saturated heterocycles. The lowest BCUT2D eigenvalue weighted by atomic mass is 10.0. The van der Waals surface area contributed by atoms with Crippen LogP contribution in [-0.4, -0.2) is 10.6 Å². The Morgan fingerprint density at radius 1 is 0.750 bits per heavy atom. The van der Waals surface area contributed by atoms with E-state index in [1.165, 1.54) is 0 Å². The minimum atomic E-state index is -0.0956. The van der Waals surface area contributed by atoms with Gasteiger partial charge in [0.2, 0.25) is 5.78 Å². The van der Waals surface area contributed by atoms with Crippen LogP contribution < -0.4 is 0 Å². The maximum atomic E-state index is 12.0. The molecule has 0 N–H and O–H groups in total. The van der Waals surface area contributed by atoms with Gasteiger partial charge in [0.05, 0.1) is 4.86 Å². The number of thiocarbonyl (C=S) groups is 1. The van der Waals surface area contributed by atoms with Crippen molar-refractivity contribution in [2.24, 2.45) is 0 Å². The van der Waals surface area contributed by atoms with Crippen LogP contribution in [0.2, 0.25) is 0 Å². The molecule has 0 aromatic heterocycles. The summed E-state index contributed by atoms with van der Waals surface area (Å²) in [5.74, 6) is -0.0956. The molecule has 0 radical (unpaired) electrons. The predicted octanol–water partition coefficient (Wildman–Crippen LogP) is 3.29. The lowest BCUT2D eigenvalue weighted by Gasteiger charge is -2.02. The molecule has 0 heterocycles. The van der Waals surface area contributed by atoms with Crippen LogP contribution in [0.1, 0.15) is 15.9 Å². The number of hydrogen-bond acceptors (Lipinski definition) is 2. The van der Waals surface area contributed by atoms with Crippen LogP contribution in [-0.2, 0) is 0 Å². The molecule has 2 aromatic rings. The smallest absolute Gasteiger partial charge is 0.204 e. The number of hydrogen-bond donors (Lipinski definition) is 0. The SMILES string of the molecule is O=C(C(=S)c1ccccc1)c1ccccc1. The van der Waals surface area contributed by atoms with Crippen LogP contribution >= 0.6 is 12.2 Å². The highest BCUT2D eigenvalue weighted by Crippen LogP contribution is 2.08. The molecular formula is C14H10OS. The van der Waals surface area contributed by atoms with E-state index in [4.69, 9.17) is 12.2 Å². The van der Waals surface area contributed by atoms with Crippen molar-refractivity contribution in [2.45, 2.75) is 0 Å². The monoisotopic (exact) mass is 226 g/mol. The fourth-order valence-electron chi connectivity index (χ4n) is 1.44. The second-order valence-electron chi connectivity index (χ2n) is 3.39. The highest BCUT2D eigenvalue weighted by molar-refractivity contribution is 7.82. The van der Waals surface area contributed by atoms with Gasteiger partial charge in [-0.15, -0.1) is 0 Å². The van der Waals surface area contributed by atoms with Gasteiger partial charge in [-0.05, 0) is 5.56 Å². The van der Waals surface area contributed by atoms with Crippen molar-refractivity contribution in [1.29, 1.82) is 0 Å². The zero-order chi connectivity index (χ0) is 11.4. The van der Waals surface area contributed by atoms with E-state index in [1.54, 1.807) is 12.1 Å². The van der Waals surface area contributed by atoms with Crippen LogP contribution in [0.5, 0.6) is 0 Å². The van der Waals surface area contributed by atoms with Crippen molar-refractivity contribution in [3.8, 4) is 0 Å². The molecular weight excluding hydrogens is 216 g/mol. The molecule has 16 heavy (non-hydrogen) atoms. The molecule has 0 aliphatic rings. The molecule has 2 rings (SSSR count). The molecule has 1 nitrogen and oxygen atoms in total. The zero-order valence-corrected chi connectivity index (χ0v) is 9.41. The van der Waals surface area contributed by atoms with Crippen LogP contribution in [0, 0.1) is 0 Å². The minimum absolute atomic E-state index is 0.0956. The summed E-state index contributed by atoms with van der Waals surface area (Å²) in [6.45, 7) is 0. The molecule has 78 valence electrons. The predicted molar refractivity (Wildman–Crippen MR) is 68.9 cm³/mol. The third kappa shape index (κ3) is 2.23. The molecule has 0 aliphatic heterocycles. The molecule has 0 saturated carbocycles. The topological polar surface area (TPSA) is 17.1 Å². The fourth-order valence-corrected chi connectivity index (χ4v) is 1.70. The Bertz CT molecular complexity index is 453. The zero-order valence-electron chi connectivity index (χ0n) is 8.59. The van der Waals surface area contributed by atoms with Crippen molar-refractivity contribution in [1.82, 2.24) is 0 Å². The van der Waals surface area contributed by atoms with Gasteiger partial charge in [0.15, 0.2) is 0 Å². The van der Waals surface area contributed by atoms with E-state index >= 15 is 0 Å². The summed E-state index contributed by atoms with van der Waals surface area (Å²) in [5, 5.41) is 0. The fraction of sp³-hybridized carbons (Fsp3) is 0. The number of carbonyl (C=O) groups is 1. The second kappa shape index (κ2) is 4.81. The first-order valence-electron chi connectivity index (χ1n) is 4.98. The minimum Gasteiger partial charge on any atom is -0.288 e. The Kier molecular flexibility index (Phi) is 3.22. The van der Waals surface area contributed by atoms with Crippen LogP contribution in [0.4, 0.5) is 0 Å². The molecule has 0 unspecified atom stereocenters. The molecule has 0 fully saturated rings. The van der Waals surface area contributed by atoms with E-state index in [0.29, 0.717) is 10.4 Å². The average molecular weight is 226 g/mol. The third-order valence-electron chi connectivity index (χ3n) is 2.28. The summed E-state index contributed by atoms with van der Waals surface area (Å²) in [6.07, 6.45) is 0. The third-order valence-corrected chi connectivity index (χ3v) is 2.70. The normalized spacial score (nSPS) is 9.75. The van der Waals surface area contributed by atoms with E-state index in [0.717, 1.165) is 5.56 Å². The van der Waals surface area contributed by atoms with E-state index in [1.807, 2.05) is 48.5 Å². The quantitative estimate of drug-likeness (QED) is 0.590. The first kappa shape index (κ1) is 10.7. The lowest BCUT2D eigenvalue weighted by molar-refractivity contribution is 0.106. The van der Waals surface area contributed by atoms with Crippen molar-refractivity contribution in [3.05, 3.63) is 71.8 Å². The highest BCUT2D eigenvalue weighted by Gasteiger charge is 2.12. The summed E-state index contributed by atoms with van der Waals surface area (Å²) in [4.78, 5) is 12.4. The van der Waals surface area contributed by atoms with Gasteiger partial charge >= 0.3 is 0 Å². The van der Waals surface area contributed by atoms with Gasteiger partial charge in [-0.3, -0.25) is 4.79 Å². The van der Waals surface area contributed by atoms with E-state index in [-0.39, 0.29) is 5.78 Å². The Labute approximate surface area is 99.7 Å². The van der Waals surface area contributed by atoms with Crippen LogP contribution in [0.25, 0.3) is 0 Å². The van der Waals surface area contributed by atoms with E-state index < -0.39 is 0 Å². The summed E-state index contributed by atoms with van der Waals surface area (Å²) in [5.41, 5.74) is 1.43. The van der Waals surface area contributed by atoms with Crippen molar-refractivity contribution >= 4 is 22.9 Å². The Hall–Kier alpha value is -1.80. The molecule has 0 atom stereocenters. The first-order chi connectivity index (χ1) is 7.79. The van der Waals surface area contributed by atoms with E-state index in [2.05, 4.69) is 0 Å². The molecule has 2 aromatic carbocycles. The number of Topliss-reactive ketones (excluding diaryl/α,β-unsaturated/α-hetero) is 1. The van der Waals surface area contributed by atoms with Gasteiger partial charge in [0.1, 0.15) is 0 Å². The maximum Gasteiger partial charge on any atom is 0.204 e. The van der Waals surface area contributed by atoms with Crippen molar-refractivity contribution < 1.29 is 4.79 Å². The Morgan fingerprint density at radius 3 is 1.69 bits per heavy atom. The molecule has 0 bridgehead atoms. The van der Waals surface area contributed by atoms with Gasteiger partial charge in [-0.2, -0.15) is 0 Å². The maximum absolute atomic E-state index is 12.0. The van der Waals surface area contributed by atoms with Gasteiger partial charge in [-0.25, -0.2) is 0 Å². The summed E-state index contributed by atoms with van der Waals surface area (Å²) >= 11 is 5.18. The van der Waals surface area contributed by atoms with Crippen LogP contribution in [0.15, 0.2) is 60.7 Å². The second-order valence-corrected chi connectivity index (χ2v) is 3.80.